The molecular formula is C15H16F2N4O4. The first kappa shape index (κ1) is 17.0. The Bertz CT molecular complexity index is 781. The Morgan fingerprint density at radius 3 is 2.88 bits per heavy atom. The van der Waals surface area contributed by atoms with Gasteiger partial charge in [0.05, 0.1) is 24.0 Å². The third-order valence-electron chi connectivity index (χ3n) is 3.53. The first-order valence-electron chi connectivity index (χ1n) is 7.33. The van der Waals surface area contributed by atoms with Crippen molar-refractivity contribution in [1.82, 2.24) is 15.1 Å². The van der Waals surface area contributed by atoms with E-state index in [2.05, 4.69) is 25.2 Å². The fourth-order valence-electron chi connectivity index (χ4n) is 2.48. The van der Waals surface area contributed by atoms with E-state index >= 15 is 0 Å². The number of hydrogen-bond acceptors (Lipinski definition) is 5. The number of halogens is 2. The van der Waals surface area contributed by atoms with Crippen molar-refractivity contribution in [1.29, 1.82) is 0 Å². The van der Waals surface area contributed by atoms with Crippen molar-refractivity contribution in [2.45, 2.75) is 12.3 Å². The molecule has 1 atom stereocenters. The number of alkyl halides is 2. The van der Waals surface area contributed by atoms with Crippen LogP contribution >= 0.6 is 0 Å². The van der Waals surface area contributed by atoms with Crippen molar-refractivity contribution in [3.8, 4) is 11.5 Å². The Morgan fingerprint density at radius 1 is 1.40 bits per heavy atom. The number of benzene rings is 1. The molecule has 8 nitrogen and oxygen atoms in total. The lowest BCUT2D eigenvalue weighted by Crippen LogP contribution is -2.36. The summed E-state index contributed by atoms with van der Waals surface area (Å²) in [6, 6.07) is 4.86. The minimum Gasteiger partial charge on any atom is -0.395 e. The lowest BCUT2D eigenvalue weighted by Gasteiger charge is -2.19. The number of methoxy groups -OCH3 is 1. The second-order valence-electron chi connectivity index (χ2n) is 5.29. The Labute approximate surface area is 141 Å². The molecule has 2 amide bonds. The van der Waals surface area contributed by atoms with Crippen LogP contribution in [0, 0.1) is 0 Å². The van der Waals surface area contributed by atoms with Gasteiger partial charge >= 0.3 is 12.3 Å². The first-order valence-corrected chi connectivity index (χ1v) is 7.33. The summed E-state index contributed by atoms with van der Waals surface area (Å²) in [5, 5.41) is 9.22. The maximum Gasteiger partial charge on any atom is 0.586 e. The summed E-state index contributed by atoms with van der Waals surface area (Å²) in [5.74, 6) is -0.380. The second kappa shape index (κ2) is 6.55. The van der Waals surface area contributed by atoms with E-state index in [1.54, 1.807) is 24.0 Å². The number of urea groups is 1. The van der Waals surface area contributed by atoms with Crippen LogP contribution in [0.3, 0.4) is 0 Å². The SMILES string of the molecule is COC[C@H](NC(=O)Nc1cccc2c1OC(F)(F)O2)c1ccnn1C. The van der Waals surface area contributed by atoms with Crippen LogP contribution in [-0.2, 0) is 11.8 Å². The lowest BCUT2D eigenvalue weighted by molar-refractivity contribution is -0.286. The molecule has 1 aromatic heterocycles. The third-order valence-corrected chi connectivity index (χ3v) is 3.53. The smallest absolute Gasteiger partial charge is 0.395 e. The van der Waals surface area contributed by atoms with Crippen LogP contribution < -0.4 is 20.1 Å². The number of carbonyl (C=O) groups is 1. The monoisotopic (exact) mass is 354 g/mol. The summed E-state index contributed by atoms with van der Waals surface area (Å²) in [7, 11) is 3.23. The van der Waals surface area contributed by atoms with E-state index in [1.807, 2.05) is 0 Å². The highest BCUT2D eigenvalue weighted by Gasteiger charge is 2.44. The van der Waals surface area contributed by atoms with Crippen LogP contribution in [0.1, 0.15) is 11.7 Å². The van der Waals surface area contributed by atoms with E-state index in [4.69, 9.17) is 4.74 Å². The molecular weight excluding hydrogens is 338 g/mol. The molecule has 10 heteroatoms. The van der Waals surface area contributed by atoms with E-state index in [1.165, 1.54) is 25.3 Å². The molecule has 1 aromatic carbocycles. The molecule has 0 saturated carbocycles. The predicted molar refractivity (Wildman–Crippen MR) is 82.6 cm³/mol. The summed E-state index contributed by atoms with van der Waals surface area (Å²) >= 11 is 0. The molecule has 0 spiro atoms. The van der Waals surface area contributed by atoms with Crippen LogP contribution in [0.25, 0.3) is 0 Å². The zero-order chi connectivity index (χ0) is 18.0. The number of fused-ring (bicyclic) bond motifs is 1. The van der Waals surface area contributed by atoms with Gasteiger partial charge in [-0.05, 0) is 18.2 Å². The number of nitrogens with zero attached hydrogens (tertiary/aromatic N) is 2. The number of aromatic nitrogens is 2. The standard InChI is InChI=1S/C15H16F2N4O4/c1-21-11(6-7-18-21)10(8-23-2)20-14(22)19-9-4-3-5-12-13(9)25-15(16,17)24-12/h3-7,10H,8H2,1-2H3,(H2,19,20,22)/t10-/m0/s1. The summed E-state index contributed by atoms with van der Waals surface area (Å²) < 4.78 is 41.9. The van der Waals surface area contributed by atoms with E-state index in [-0.39, 0.29) is 23.8 Å². The average molecular weight is 354 g/mol. The van der Waals surface area contributed by atoms with Gasteiger partial charge in [0.15, 0.2) is 11.5 Å². The molecule has 0 saturated heterocycles. The number of nitrogens with one attached hydrogen (secondary N) is 2. The molecule has 2 N–H and O–H groups in total. The largest absolute Gasteiger partial charge is 0.586 e. The number of aryl methyl sites for hydroxylation is 1. The van der Waals surface area contributed by atoms with Crippen molar-refractivity contribution < 1.29 is 27.8 Å². The quantitative estimate of drug-likeness (QED) is 0.860. The van der Waals surface area contributed by atoms with E-state index < -0.39 is 18.4 Å². The van der Waals surface area contributed by atoms with E-state index in [9.17, 15) is 13.6 Å². The van der Waals surface area contributed by atoms with Gasteiger partial charge in [0.1, 0.15) is 0 Å². The molecule has 0 radical (unpaired) electrons. The molecule has 25 heavy (non-hydrogen) atoms. The van der Waals surface area contributed by atoms with Crippen LogP contribution in [0.5, 0.6) is 11.5 Å². The fraction of sp³-hybridized carbons (Fsp3) is 0.333. The molecule has 2 aromatic rings. The van der Waals surface area contributed by atoms with Crippen molar-refractivity contribution in [3.05, 3.63) is 36.2 Å². The minimum absolute atomic E-state index is 0.0633. The minimum atomic E-state index is -3.76. The maximum atomic E-state index is 13.2. The van der Waals surface area contributed by atoms with Gasteiger partial charge in [0.25, 0.3) is 0 Å². The van der Waals surface area contributed by atoms with Crippen LogP contribution in [0.15, 0.2) is 30.5 Å². The molecule has 134 valence electrons. The van der Waals surface area contributed by atoms with Gasteiger partial charge < -0.3 is 24.8 Å². The zero-order valence-corrected chi connectivity index (χ0v) is 13.5. The van der Waals surface area contributed by atoms with Crippen molar-refractivity contribution >= 4 is 11.7 Å². The molecule has 1 aliphatic rings. The normalized spacial score (nSPS) is 15.7. The van der Waals surface area contributed by atoms with Gasteiger partial charge in [0, 0.05) is 20.4 Å². The van der Waals surface area contributed by atoms with Gasteiger partial charge in [-0.3, -0.25) is 4.68 Å². The molecule has 0 bridgehead atoms. The molecule has 0 fully saturated rings. The lowest BCUT2D eigenvalue weighted by atomic mass is 10.2. The fourth-order valence-corrected chi connectivity index (χ4v) is 2.48. The van der Waals surface area contributed by atoms with Gasteiger partial charge in [0.2, 0.25) is 0 Å². The summed E-state index contributed by atoms with van der Waals surface area (Å²) in [5.41, 5.74) is 0.787. The Morgan fingerprint density at radius 2 is 2.20 bits per heavy atom. The molecule has 0 unspecified atom stereocenters. The second-order valence-corrected chi connectivity index (χ2v) is 5.29. The molecule has 1 aliphatic heterocycles. The molecule has 3 rings (SSSR count). The average Bonchev–Trinajstić information content (AvgIpc) is 3.09. The number of anilines is 1. The Hall–Kier alpha value is -2.88. The van der Waals surface area contributed by atoms with Crippen molar-refractivity contribution in [2.24, 2.45) is 7.05 Å². The van der Waals surface area contributed by atoms with Crippen LogP contribution in [0.2, 0.25) is 0 Å². The molecule has 2 heterocycles. The summed E-state index contributed by atoms with van der Waals surface area (Å²) in [4.78, 5) is 12.3. The molecule has 0 aliphatic carbocycles. The number of amides is 2. The van der Waals surface area contributed by atoms with Crippen molar-refractivity contribution in [2.75, 3.05) is 19.0 Å². The first-order chi connectivity index (χ1) is 11.9. The van der Waals surface area contributed by atoms with Crippen LogP contribution in [-0.4, -0.2) is 35.8 Å². The predicted octanol–water partition coefficient (Wildman–Crippen LogP) is 2.25. The summed E-state index contributed by atoms with van der Waals surface area (Å²) in [6.07, 6.45) is -2.17. The number of ether oxygens (including phenoxy) is 3. The van der Waals surface area contributed by atoms with Gasteiger partial charge in [-0.15, -0.1) is 8.78 Å². The van der Waals surface area contributed by atoms with Crippen molar-refractivity contribution in [3.63, 3.8) is 0 Å². The number of rotatable bonds is 5. The van der Waals surface area contributed by atoms with E-state index in [0.29, 0.717) is 0 Å². The van der Waals surface area contributed by atoms with Gasteiger partial charge in [-0.1, -0.05) is 6.07 Å². The maximum absolute atomic E-state index is 13.2. The summed E-state index contributed by atoms with van der Waals surface area (Å²) in [6.45, 7) is 0.206. The van der Waals surface area contributed by atoms with E-state index in [0.717, 1.165) is 5.69 Å². The number of hydrogen-bond donors (Lipinski definition) is 2. The number of para-hydroxylation sites is 1. The van der Waals surface area contributed by atoms with Gasteiger partial charge in [-0.25, -0.2) is 4.79 Å². The van der Waals surface area contributed by atoms with Gasteiger partial charge in [-0.2, -0.15) is 5.10 Å². The Balaban J connectivity index is 1.73. The number of carbonyl (C=O) groups excluding carboxylic acids is 1. The highest BCUT2D eigenvalue weighted by Crippen LogP contribution is 2.45. The van der Waals surface area contributed by atoms with Crippen LogP contribution in [0.4, 0.5) is 19.3 Å². The highest BCUT2D eigenvalue weighted by molar-refractivity contribution is 5.92. The zero-order valence-electron chi connectivity index (χ0n) is 13.5. The highest BCUT2D eigenvalue weighted by atomic mass is 19.3. The Kier molecular flexibility index (Phi) is 4.45. The topological polar surface area (TPSA) is 86.6 Å². The third kappa shape index (κ3) is 3.63.